The number of carbonyl (C=O) groups excluding carboxylic acids is 2. The largest absolute Gasteiger partial charge is 0.401 e. The van der Waals surface area contributed by atoms with Crippen LogP contribution >= 0.6 is 23.2 Å². The fourth-order valence-corrected chi connectivity index (χ4v) is 6.92. The number of nitrogens with zero attached hydrogens (tertiary/aromatic N) is 1. The number of benzene rings is 1. The molecule has 0 aliphatic carbocycles. The Morgan fingerprint density at radius 3 is 2.51 bits per heavy atom. The summed E-state index contributed by atoms with van der Waals surface area (Å²) in [5.74, 6) is -1.42. The summed E-state index contributed by atoms with van der Waals surface area (Å²) < 4.78 is 51.6. The first kappa shape index (κ1) is 33.5. The predicted molar refractivity (Wildman–Crippen MR) is 162 cm³/mol. The summed E-state index contributed by atoms with van der Waals surface area (Å²) >= 11 is 12.1. The van der Waals surface area contributed by atoms with Crippen molar-refractivity contribution >= 4 is 40.7 Å². The summed E-state index contributed by atoms with van der Waals surface area (Å²) in [6, 6.07) is 3.48. The fraction of sp³-hybridized carbons (Fsp3) is 0.548. The van der Waals surface area contributed by atoms with Gasteiger partial charge >= 0.3 is 6.18 Å². The molecule has 4 rings (SSSR count). The monoisotopic (exact) mass is 644 g/mol. The van der Waals surface area contributed by atoms with Gasteiger partial charge in [0.2, 0.25) is 11.8 Å². The lowest BCUT2D eigenvalue weighted by atomic mass is 9.62. The Morgan fingerprint density at radius 1 is 1.23 bits per heavy atom. The second kappa shape index (κ2) is 12.9. The van der Waals surface area contributed by atoms with Crippen LogP contribution in [0.3, 0.4) is 0 Å². The highest BCUT2D eigenvalue weighted by molar-refractivity contribution is 6.31. The van der Waals surface area contributed by atoms with Crippen LogP contribution in [0.15, 0.2) is 53.6 Å². The Morgan fingerprint density at radius 2 is 1.91 bits per heavy atom. The van der Waals surface area contributed by atoms with E-state index in [1.54, 1.807) is 24.3 Å². The Bertz CT molecular complexity index is 1300. The number of rotatable bonds is 8. The molecule has 2 saturated heterocycles. The standard InChI is InChI=1S/C31H38Cl2F4N4O2/c1-18(6-5-7-20(33)16-34)25-26(27(42)38-21-10-12-41(13-11-21)17-30(35,36)37)40-24(15-29(2,3)4)31(25)22-9-8-19(32)14-23(22)39-28(31)43/h5-9,14,21,24-26,40H,1,10-13,15-17H2,2-4H3,(H,38,42)(H,39,43)/b6-5-,20-7+/t24-,25+,26-,31+/m1/s1. The number of alkyl halides is 4. The van der Waals surface area contributed by atoms with Crippen LogP contribution in [-0.4, -0.2) is 67.3 Å². The smallest absolute Gasteiger partial charge is 0.352 e. The van der Waals surface area contributed by atoms with Crippen LogP contribution in [0.2, 0.25) is 5.02 Å². The average molecular weight is 646 g/mol. The van der Waals surface area contributed by atoms with Gasteiger partial charge in [0.15, 0.2) is 0 Å². The normalized spacial score (nSPS) is 27.1. The highest BCUT2D eigenvalue weighted by atomic mass is 35.5. The Labute approximate surface area is 259 Å². The quantitative estimate of drug-likeness (QED) is 0.230. The minimum Gasteiger partial charge on any atom is -0.352 e. The fourth-order valence-electron chi connectivity index (χ4n) is 6.68. The minimum absolute atomic E-state index is 0.0151. The third-order valence-electron chi connectivity index (χ3n) is 8.36. The molecule has 1 aromatic carbocycles. The highest BCUT2D eigenvalue weighted by Crippen LogP contribution is 2.55. The summed E-state index contributed by atoms with van der Waals surface area (Å²) in [7, 11) is 0. The van der Waals surface area contributed by atoms with Gasteiger partial charge in [-0.25, -0.2) is 4.39 Å². The zero-order chi connectivity index (χ0) is 31.7. The molecule has 3 heterocycles. The summed E-state index contributed by atoms with van der Waals surface area (Å²) in [5.41, 5.74) is 0.229. The number of likely N-dealkylation sites (tertiary alicyclic amines) is 1. The number of hydrogen-bond acceptors (Lipinski definition) is 4. The van der Waals surface area contributed by atoms with Gasteiger partial charge in [-0.1, -0.05) is 68.8 Å². The number of fused-ring (bicyclic) bond motifs is 2. The molecule has 0 saturated carbocycles. The molecule has 2 amide bonds. The van der Waals surface area contributed by atoms with Gasteiger partial charge in [0.25, 0.3) is 0 Å². The van der Waals surface area contributed by atoms with Crippen molar-refractivity contribution in [2.24, 2.45) is 11.3 Å². The van der Waals surface area contributed by atoms with Crippen molar-refractivity contribution in [3.05, 3.63) is 64.2 Å². The molecule has 3 N–H and O–H groups in total. The molecule has 2 fully saturated rings. The molecule has 4 atom stereocenters. The Balaban J connectivity index is 1.71. The zero-order valence-electron chi connectivity index (χ0n) is 24.5. The van der Waals surface area contributed by atoms with Crippen molar-refractivity contribution < 1.29 is 27.2 Å². The van der Waals surface area contributed by atoms with E-state index in [1.165, 1.54) is 17.1 Å². The van der Waals surface area contributed by atoms with Gasteiger partial charge < -0.3 is 16.0 Å². The average Bonchev–Trinajstić information content (AvgIpc) is 3.37. The van der Waals surface area contributed by atoms with Crippen LogP contribution < -0.4 is 16.0 Å². The lowest BCUT2D eigenvalue weighted by Gasteiger charge is -2.38. The molecule has 1 aromatic rings. The van der Waals surface area contributed by atoms with Crippen molar-refractivity contribution in [1.29, 1.82) is 0 Å². The number of nitrogens with one attached hydrogen (secondary N) is 3. The van der Waals surface area contributed by atoms with Gasteiger partial charge in [0.05, 0.1) is 12.6 Å². The number of amides is 2. The van der Waals surface area contributed by atoms with Gasteiger partial charge in [-0.15, -0.1) is 0 Å². The van der Waals surface area contributed by atoms with Gasteiger partial charge in [-0.2, -0.15) is 13.2 Å². The molecule has 43 heavy (non-hydrogen) atoms. The van der Waals surface area contributed by atoms with E-state index in [2.05, 4.69) is 22.5 Å². The topological polar surface area (TPSA) is 73.5 Å². The first-order valence-corrected chi connectivity index (χ1v) is 15.1. The molecule has 3 aliphatic heterocycles. The lowest BCUT2D eigenvalue weighted by molar-refractivity contribution is -0.148. The maximum Gasteiger partial charge on any atom is 0.401 e. The number of anilines is 1. The number of allylic oxidation sites excluding steroid dienone is 4. The second-order valence-electron chi connectivity index (χ2n) is 12.8. The molecule has 236 valence electrons. The van der Waals surface area contributed by atoms with E-state index in [1.807, 2.05) is 20.8 Å². The molecule has 3 aliphatic rings. The first-order chi connectivity index (χ1) is 20.0. The minimum atomic E-state index is -4.28. The zero-order valence-corrected chi connectivity index (χ0v) is 26.0. The van der Waals surface area contributed by atoms with Gasteiger partial charge in [-0.05, 0) is 54.0 Å². The summed E-state index contributed by atoms with van der Waals surface area (Å²) in [6.07, 6.45) is 1.53. The van der Waals surface area contributed by atoms with E-state index < -0.39 is 42.8 Å². The van der Waals surface area contributed by atoms with Crippen LogP contribution in [0, 0.1) is 11.3 Å². The van der Waals surface area contributed by atoms with Gasteiger partial charge in [-0.3, -0.25) is 14.5 Å². The SMILES string of the molecule is C=C(/C=C\C=C(\Cl)CF)[C@H]1[C@H](C(=O)NC2CCN(CC(F)(F)F)CC2)N[C@H](CC(C)(C)C)[C@]12C(=O)Nc1cc(Cl)ccc12. The van der Waals surface area contributed by atoms with Crippen molar-refractivity contribution in [3.8, 4) is 0 Å². The summed E-state index contributed by atoms with van der Waals surface area (Å²) in [6.45, 7) is 9.00. The van der Waals surface area contributed by atoms with E-state index in [9.17, 15) is 27.2 Å². The van der Waals surface area contributed by atoms with Crippen LogP contribution in [0.1, 0.15) is 45.6 Å². The van der Waals surface area contributed by atoms with Crippen LogP contribution in [0.5, 0.6) is 0 Å². The molecule has 0 radical (unpaired) electrons. The number of hydrogen-bond donors (Lipinski definition) is 3. The van der Waals surface area contributed by atoms with Gasteiger partial charge in [0.1, 0.15) is 12.1 Å². The lowest BCUT2D eigenvalue weighted by Crippen LogP contribution is -2.53. The number of carbonyl (C=O) groups is 2. The summed E-state index contributed by atoms with van der Waals surface area (Å²) in [4.78, 5) is 29.5. The maximum atomic E-state index is 14.1. The van der Waals surface area contributed by atoms with Crippen LogP contribution in [-0.2, 0) is 15.0 Å². The van der Waals surface area contributed by atoms with Crippen molar-refractivity contribution in [3.63, 3.8) is 0 Å². The molecular weight excluding hydrogens is 607 g/mol. The Kier molecular flexibility index (Phi) is 10.1. The first-order valence-electron chi connectivity index (χ1n) is 14.3. The molecular formula is C31H38Cl2F4N4O2. The molecule has 0 bridgehead atoms. The molecule has 6 nitrogen and oxygen atoms in total. The second-order valence-corrected chi connectivity index (χ2v) is 13.7. The van der Waals surface area contributed by atoms with Gasteiger partial charge in [0, 0.05) is 46.8 Å². The van der Waals surface area contributed by atoms with E-state index in [-0.39, 0.29) is 41.4 Å². The number of piperidine rings is 1. The summed E-state index contributed by atoms with van der Waals surface area (Å²) in [5, 5.41) is 9.93. The highest BCUT2D eigenvalue weighted by Gasteiger charge is 2.65. The molecule has 12 heteroatoms. The number of halogens is 6. The van der Waals surface area contributed by atoms with E-state index >= 15 is 0 Å². The molecule has 1 spiro atoms. The third-order valence-corrected chi connectivity index (χ3v) is 8.82. The van der Waals surface area contributed by atoms with Crippen molar-refractivity contribution in [2.45, 2.75) is 69.8 Å². The Hall–Kier alpha value is -2.40. The maximum absolute atomic E-state index is 14.1. The van der Waals surface area contributed by atoms with Crippen LogP contribution in [0.25, 0.3) is 0 Å². The van der Waals surface area contributed by atoms with E-state index in [0.717, 1.165) is 0 Å². The predicted octanol–water partition coefficient (Wildman–Crippen LogP) is 6.27. The van der Waals surface area contributed by atoms with Crippen LogP contribution in [0.4, 0.5) is 23.2 Å². The molecule has 0 unspecified atom stereocenters. The van der Waals surface area contributed by atoms with E-state index in [0.29, 0.717) is 41.1 Å². The third kappa shape index (κ3) is 7.47. The molecule has 0 aromatic heterocycles. The van der Waals surface area contributed by atoms with Crippen molar-refractivity contribution in [2.75, 3.05) is 31.6 Å². The van der Waals surface area contributed by atoms with E-state index in [4.69, 9.17) is 23.2 Å². The van der Waals surface area contributed by atoms with Crippen molar-refractivity contribution in [1.82, 2.24) is 15.5 Å².